The Labute approximate surface area is 177 Å². The SMILES string of the molecule is CCCCC(CC)COC(=O)CSCCC(=O)CCC1C(C)=CCCC1(C)C. The molecule has 0 aliphatic heterocycles. The molecule has 0 aromatic heterocycles. The molecule has 0 fully saturated rings. The topological polar surface area (TPSA) is 43.4 Å². The van der Waals surface area contributed by atoms with Crippen molar-refractivity contribution >= 4 is 23.5 Å². The summed E-state index contributed by atoms with van der Waals surface area (Å²) >= 11 is 1.52. The number of hydrogen-bond acceptors (Lipinski definition) is 4. The molecule has 0 radical (unpaired) electrons. The maximum absolute atomic E-state index is 12.3. The van der Waals surface area contributed by atoms with Crippen LogP contribution in [0.4, 0.5) is 0 Å². The standard InChI is InChI=1S/C24H42O3S/c1-6-8-11-20(7-2)17-27-23(26)18-28-16-14-21(25)12-13-22-19(3)10-9-15-24(22,4)5/h10,20,22H,6-9,11-18H2,1-5H3. The number of hydrogen-bond donors (Lipinski definition) is 0. The molecule has 162 valence electrons. The van der Waals surface area contributed by atoms with E-state index in [1.54, 1.807) is 0 Å². The molecule has 1 aliphatic rings. The summed E-state index contributed by atoms with van der Waals surface area (Å²) < 4.78 is 5.41. The summed E-state index contributed by atoms with van der Waals surface area (Å²) in [6.45, 7) is 11.7. The Bertz CT molecular complexity index is 510. The molecule has 0 saturated carbocycles. The third-order valence-corrected chi connectivity index (χ3v) is 7.16. The molecule has 2 atom stereocenters. The molecule has 0 saturated heterocycles. The molecule has 0 spiro atoms. The molecule has 4 heteroatoms. The lowest BCUT2D eigenvalue weighted by atomic mass is 9.67. The minimum Gasteiger partial charge on any atom is -0.465 e. The fourth-order valence-corrected chi connectivity index (χ4v) is 4.91. The molecule has 0 heterocycles. The number of unbranched alkanes of at least 4 members (excludes halogenated alkanes) is 1. The first-order valence-electron chi connectivity index (χ1n) is 11.2. The summed E-state index contributed by atoms with van der Waals surface area (Å²) in [5.74, 6) is 2.25. The first-order chi connectivity index (χ1) is 13.3. The summed E-state index contributed by atoms with van der Waals surface area (Å²) in [7, 11) is 0. The van der Waals surface area contributed by atoms with Crippen LogP contribution in [0, 0.1) is 17.3 Å². The maximum Gasteiger partial charge on any atom is 0.315 e. The van der Waals surface area contributed by atoms with Crippen LogP contribution in [0.25, 0.3) is 0 Å². The van der Waals surface area contributed by atoms with E-state index in [1.807, 2.05) is 0 Å². The van der Waals surface area contributed by atoms with Crippen LogP contribution >= 0.6 is 11.8 Å². The van der Waals surface area contributed by atoms with Gasteiger partial charge in [-0.1, -0.05) is 58.6 Å². The number of thioether (sulfide) groups is 1. The average Bonchev–Trinajstić information content (AvgIpc) is 2.64. The Morgan fingerprint density at radius 1 is 1.29 bits per heavy atom. The fourth-order valence-electron chi connectivity index (χ4n) is 4.15. The second-order valence-corrected chi connectivity index (χ2v) is 10.1. The number of esters is 1. The van der Waals surface area contributed by atoms with Crippen molar-refractivity contribution in [3.63, 3.8) is 0 Å². The van der Waals surface area contributed by atoms with Gasteiger partial charge < -0.3 is 4.74 Å². The predicted molar refractivity (Wildman–Crippen MR) is 121 cm³/mol. The molecule has 0 aromatic rings. The number of allylic oxidation sites excluding steroid dienone is 2. The highest BCUT2D eigenvalue weighted by atomic mass is 32.2. The third-order valence-electron chi connectivity index (χ3n) is 6.23. The Morgan fingerprint density at radius 3 is 2.68 bits per heavy atom. The van der Waals surface area contributed by atoms with Crippen LogP contribution in [0.5, 0.6) is 0 Å². The van der Waals surface area contributed by atoms with E-state index in [1.165, 1.54) is 36.6 Å². The van der Waals surface area contributed by atoms with Crippen molar-refractivity contribution in [3.05, 3.63) is 11.6 Å². The first kappa shape index (κ1) is 25.3. The van der Waals surface area contributed by atoms with E-state index in [-0.39, 0.29) is 5.97 Å². The molecule has 3 nitrogen and oxygen atoms in total. The minimum atomic E-state index is -0.142. The molecule has 0 aromatic carbocycles. The molecule has 1 rings (SSSR count). The van der Waals surface area contributed by atoms with Crippen molar-refractivity contribution in [1.29, 1.82) is 0 Å². The summed E-state index contributed by atoms with van der Waals surface area (Å²) in [5, 5.41) is 0. The van der Waals surface area contributed by atoms with E-state index >= 15 is 0 Å². The van der Waals surface area contributed by atoms with Crippen molar-refractivity contribution in [1.82, 2.24) is 0 Å². The smallest absolute Gasteiger partial charge is 0.315 e. The normalized spacial score (nSPS) is 19.8. The van der Waals surface area contributed by atoms with E-state index < -0.39 is 0 Å². The van der Waals surface area contributed by atoms with Crippen molar-refractivity contribution in [3.8, 4) is 0 Å². The summed E-state index contributed by atoms with van der Waals surface area (Å²) in [5.41, 5.74) is 1.75. The van der Waals surface area contributed by atoms with Gasteiger partial charge in [-0.2, -0.15) is 0 Å². The third kappa shape index (κ3) is 9.62. The summed E-state index contributed by atoms with van der Waals surface area (Å²) in [6.07, 6.45) is 11.4. The van der Waals surface area contributed by atoms with Gasteiger partial charge in [0, 0.05) is 18.6 Å². The van der Waals surface area contributed by atoms with Crippen LogP contribution in [-0.4, -0.2) is 29.9 Å². The lowest BCUT2D eigenvalue weighted by molar-refractivity contribution is -0.141. The van der Waals surface area contributed by atoms with Crippen LogP contribution in [-0.2, 0) is 14.3 Å². The van der Waals surface area contributed by atoms with Gasteiger partial charge in [-0.25, -0.2) is 0 Å². The predicted octanol–water partition coefficient (Wildman–Crippen LogP) is 6.60. The lowest BCUT2D eigenvalue weighted by Crippen LogP contribution is -2.28. The zero-order chi connectivity index (χ0) is 21.0. The van der Waals surface area contributed by atoms with Gasteiger partial charge in [0.25, 0.3) is 0 Å². The second-order valence-electron chi connectivity index (χ2n) is 9.01. The van der Waals surface area contributed by atoms with Crippen molar-refractivity contribution in [2.75, 3.05) is 18.1 Å². The highest BCUT2D eigenvalue weighted by Gasteiger charge is 2.32. The van der Waals surface area contributed by atoms with E-state index in [0.29, 0.717) is 54.0 Å². The van der Waals surface area contributed by atoms with Crippen LogP contribution in [0.3, 0.4) is 0 Å². The average molecular weight is 411 g/mol. The number of rotatable bonds is 14. The van der Waals surface area contributed by atoms with Crippen LogP contribution in [0.15, 0.2) is 11.6 Å². The van der Waals surface area contributed by atoms with E-state index in [9.17, 15) is 9.59 Å². The van der Waals surface area contributed by atoms with Crippen LogP contribution in [0.2, 0.25) is 0 Å². The highest BCUT2D eigenvalue weighted by molar-refractivity contribution is 7.99. The Hall–Kier alpha value is -0.770. The Morgan fingerprint density at radius 2 is 2.04 bits per heavy atom. The van der Waals surface area contributed by atoms with Gasteiger partial charge in [0.15, 0.2) is 0 Å². The first-order valence-corrected chi connectivity index (χ1v) is 12.4. The van der Waals surface area contributed by atoms with E-state index in [0.717, 1.165) is 25.7 Å². The fraction of sp³-hybridized carbons (Fsp3) is 0.833. The zero-order valence-electron chi connectivity index (χ0n) is 18.9. The van der Waals surface area contributed by atoms with Gasteiger partial charge in [0.2, 0.25) is 0 Å². The van der Waals surface area contributed by atoms with Gasteiger partial charge in [-0.05, 0) is 49.9 Å². The summed E-state index contributed by atoms with van der Waals surface area (Å²) in [4.78, 5) is 24.1. The largest absolute Gasteiger partial charge is 0.465 e. The number of carbonyl (C=O) groups is 2. The molecular weight excluding hydrogens is 368 g/mol. The highest BCUT2D eigenvalue weighted by Crippen LogP contribution is 2.43. The monoisotopic (exact) mass is 410 g/mol. The zero-order valence-corrected chi connectivity index (χ0v) is 19.7. The quantitative estimate of drug-likeness (QED) is 0.184. The molecular formula is C24H42O3S. The van der Waals surface area contributed by atoms with E-state index in [2.05, 4.69) is 40.7 Å². The van der Waals surface area contributed by atoms with Crippen LogP contribution in [0.1, 0.15) is 92.4 Å². The van der Waals surface area contributed by atoms with Gasteiger partial charge in [-0.15, -0.1) is 11.8 Å². The van der Waals surface area contributed by atoms with Gasteiger partial charge in [0.1, 0.15) is 5.78 Å². The molecule has 28 heavy (non-hydrogen) atoms. The second kappa shape index (κ2) is 13.5. The van der Waals surface area contributed by atoms with Crippen molar-refractivity contribution in [2.45, 2.75) is 92.4 Å². The minimum absolute atomic E-state index is 0.142. The number of carbonyl (C=O) groups excluding carboxylic acids is 2. The molecule has 1 aliphatic carbocycles. The number of Topliss-reactive ketones (excluding diaryl/α,β-unsaturated/α-hetero) is 1. The van der Waals surface area contributed by atoms with E-state index in [4.69, 9.17) is 4.74 Å². The molecule has 0 N–H and O–H groups in total. The Kier molecular flexibility index (Phi) is 12.1. The number of ketones is 1. The summed E-state index contributed by atoms with van der Waals surface area (Å²) in [6, 6.07) is 0. The molecule has 2 unspecified atom stereocenters. The van der Waals surface area contributed by atoms with Gasteiger partial charge in [0.05, 0.1) is 12.4 Å². The van der Waals surface area contributed by atoms with Crippen LogP contribution < -0.4 is 0 Å². The maximum atomic E-state index is 12.3. The molecule has 0 amide bonds. The molecule has 0 bridgehead atoms. The Balaban J connectivity index is 2.16. The lowest BCUT2D eigenvalue weighted by Gasteiger charge is -2.38. The number of ether oxygens (including phenoxy) is 1. The van der Waals surface area contributed by atoms with Gasteiger partial charge in [-0.3, -0.25) is 9.59 Å². The van der Waals surface area contributed by atoms with Crippen molar-refractivity contribution in [2.24, 2.45) is 17.3 Å². The van der Waals surface area contributed by atoms with Crippen molar-refractivity contribution < 1.29 is 14.3 Å². The van der Waals surface area contributed by atoms with Gasteiger partial charge >= 0.3 is 5.97 Å².